The summed E-state index contributed by atoms with van der Waals surface area (Å²) in [6, 6.07) is 22.1. The highest BCUT2D eigenvalue weighted by Gasteiger charge is 2.30. The number of carboxylic acid groups (broad SMARTS) is 2. The second-order valence-corrected chi connectivity index (χ2v) is 14.6. The number of para-hydroxylation sites is 2. The van der Waals surface area contributed by atoms with E-state index >= 15 is 0 Å². The van der Waals surface area contributed by atoms with Gasteiger partial charge >= 0.3 is 11.9 Å². The van der Waals surface area contributed by atoms with E-state index in [1.54, 1.807) is 0 Å². The molecule has 1 saturated carbocycles. The molecule has 1 aliphatic heterocycles. The van der Waals surface area contributed by atoms with Crippen molar-refractivity contribution >= 4 is 23.5 Å². The lowest BCUT2D eigenvalue weighted by atomic mass is 9.77. The molecule has 5 rings (SSSR count). The van der Waals surface area contributed by atoms with Gasteiger partial charge in [-0.05, 0) is 72.3 Å². The topological polar surface area (TPSA) is 113 Å². The van der Waals surface area contributed by atoms with E-state index in [1.165, 1.54) is 19.3 Å². The molecule has 250 valence electrons. The van der Waals surface area contributed by atoms with Crippen LogP contribution in [0.2, 0.25) is 0 Å². The summed E-state index contributed by atoms with van der Waals surface area (Å²) in [7, 11) is 0. The highest BCUT2D eigenvalue weighted by Crippen LogP contribution is 2.45. The van der Waals surface area contributed by atoms with Crippen LogP contribution in [0.25, 0.3) is 0 Å². The third-order valence-corrected chi connectivity index (χ3v) is 9.99. The van der Waals surface area contributed by atoms with Gasteiger partial charge in [0.2, 0.25) is 5.91 Å². The third-order valence-electron chi connectivity index (χ3n) is 9.99. The number of ether oxygens (including phenoxy) is 1. The summed E-state index contributed by atoms with van der Waals surface area (Å²) in [5, 5.41) is 22.4. The largest absolute Gasteiger partial charge is 0.481 e. The number of amides is 1. The highest BCUT2D eigenvalue weighted by molar-refractivity contribution is 5.93. The van der Waals surface area contributed by atoms with Crippen LogP contribution in [0.15, 0.2) is 66.7 Å². The Balaban J connectivity index is 1.34. The van der Waals surface area contributed by atoms with Gasteiger partial charge in [0.1, 0.15) is 11.5 Å². The van der Waals surface area contributed by atoms with Gasteiger partial charge in [-0.1, -0.05) is 101 Å². The Morgan fingerprint density at radius 2 is 1.53 bits per heavy atom. The first-order valence-corrected chi connectivity index (χ1v) is 17.2. The van der Waals surface area contributed by atoms with Crippen LogP contribution in [0.5, 0.6) is 11.5 Å². The molecule has 0 bridgehead atoms. The van der Waals surface area contributed by atoms with Crippen molar-refractivity contribution in [2.45, 2.75) is 103 Å². The number of benzene rings is 3. The predicted molar refractivity (Wildman–Crippen MR) is 184 cm³/mol. The normalized spacial score (nSPS) is 16.3. The SMILES string of the molecule is CC(C)(C)c1ccc(CCC(CC2CCCCC2)CC(CC(=O)O)C(=O)O)cc1NC(=O)CC1c2ccccc2Oc2ccccc21. The van der Waals surface area contributed by atoms with Crippen LogP contribution >= 0.6 is 0 Å². The summed E-state index contributed by atoms with van der Waals surface area (Å²) >= 11 is 0. The van der Waals surface area contributed by atoms with E-state index in [4.69, 9.17) is 4.74 Å². The number of aryl methyl sites for hydroxylation is 1. The van der Waals surface area contributed by atoms with Crippen molar-refractivity contribution in [3.05, 3.63) is 89.0 Å². The molecule has 3 aromatic rings. The van der Waals surface area contributed by atoms with Gasteiger partial charge in [0.15, 0.2) is 0 Å². The molecule has 2 aliphatic rings. The van der Waals surface area contributed by atoms with Gasteiger partial charge in [-0.2, -0.15) is 0 Å². The van der Waals surface area contributed by atoms with Crippen LogP contribution in [0.1, 0.15) is 113 Å². The maximum Gasteiger partial charge on any atom is 0.307 e. The lowest BCUT2D eigenvalue weighted by molar-refractivity contribution is -0.149. The van der Waals surface area contributed by atoms with Gasteiger partial charge in [-0.3, -0.25) is 14.4 Å². The van der Waals surface area contributed by atoms with E-state index < -0.39 is 17.9 Å². The molecular formula is C40H49NO6. The van der Waals surface area contributed by atoms with Gasteiger partial charge in [-0.25, -0.2) is 0 Å². The number of anilines is 1. The molecule has 0 aromatic heterocycles. The minimum Gasteiger partial charge on any atom is -0.481 e. The maximum absolute atomic E-state index is 13.8. The summed E-state index contributed by atoms with van der Waals surface area (Å²) in [5.41, 5.74) is 4.72. The van der Waals surface area contributed by atoms with Crippen molar-refractivity contribution in [3.63, 3.8) is 0 Å². The van der Waals surface area contributed by atoms with Gasteiger partial charge in [0.05, 0.1) is 12.3 Å². The first-order valence-electron chi connectivity index (χ1n) is 17.2. The Labute approximate surface area is 278 Å². The number of nitrogens with one attached hydrogen (secondary N) is 1. The summed E-state index contributed by atoms with van der Waals surface area (Å²) in [6.07, 6.45) is 8.70. The van der Waals surface area contributed by atoms with Gasteiger partial charge < -0.3 is 20.3 Å². The number of carbonyl (C=O) groups excluding carboxylic acids is 1. The van der Waals surface area contributed by atoms with Crippen molar-refractivity contribution in [1.29, 1.82) is 0 Å². The Morgan fingerprint density at radius 1 is 0.894 bits per heavy atom. The Morgan fingerprint density at radius 3 is 2.13 bits per heavy atom. The van der Waals surface area contributed by atoms with Crippen molar-refractivity contribution in [3.8, 4) is 11.5 Å². The van der Waals surface area contributed by atoms with Crippen LogP contribution in [-0.4, -0.2) is 28.1 Å². The van der Waals surface area contributed by atoms with E-state index in [0.29, 0.717) is 12.3 Å². The molecule has 0 saturated heterocycles. The molecule has 7 nitrogen and oxygen atoms in total. The molecule has 2 unspecified atom stereocenters. The van der Waals surface area contributed by atoms with E-state index in [-0.39, 0.29) is 36.0 Å². The van der Waals surface area contributed by atoms with Crippen LogP contribution in [0.4, 0.5) is 5.69 Å². The number of rotatable bonds is 13. The highest BCUT2D eigenvalue weighted by atomic mass is 16.5. The number of carboxylic acids is 2. The van der Waals surface area contributed by atoms with Crippen molar-refractivity contribution < 1.29 is 29.3 Å². The molecule has 2 atom stereocenters. The molecule has 3 N–H and O–H groups in total. The summed E-state index contributed by atoms with van der Waals surface area (Å²) < 4.78 is 6.14. The molecule has 1 fully saturated rings. The fraction of sp³-hybridized carbons (Fsp3) is 0.475. The lowest BCUT2D eigenvalue weighted by Crippen LogP contribution is -2.23. The third kappa shape index (κ3) is 9.03. The number of aliphatic carboxylic acids is 2. The predicted octanol–water partition coefficient (Wildman–Crippen LogP) is 9.34. The quantitative estimate of drug-likeness (QED) is 0.172. The van der Waals surface area contributed by atoms with E-state index in [1.807, 2.05) is 48.5 Å². The first-order chi connectivity index (χ1) is 22.5. The fourth-order valence-corrected chi connectivity index (χ4v) is 7.60. The molecule has 3 aromatic carbocycles. The van der Waals surface area contributed by atoms with Crippen LogP contribution < -0.4 is 10.1 Å². The average Bonchev–Trinajstić information content (AvgIpc) is 3.03. The van der Waals surface area contributed by atoms with Gasteiger partial charge in [0.25, 0.3) is 0 Å². The van der Waals surface area contributed by atoms with E-state index in [0.717, 1.165) is 71.5 Å². The molecule has 47 heavy (non-hydrogen) atoms. The molecule has 7 heteroatoms. The number of carbonyl (C=O) groups is 3. The molecule has 0 spiro atoms. The lowest BCUT2D eigenvalue weighted by Gasteiger charge is -2.29. The molecule has 1 heterocycles. The average molecular weight is 640 g/mol. The number of hydrogen-bond donors (Lipinski definition) is 3. The Hall–Kier alpha value is -4.13. The first kappa shape index (κ1) is 34.2. The smallest absolute Gasteiger partial charge is 0.307 e. The number of hydrogen-bond acceptors (Lipinski definition) is 4. The summed E-state index contributed by atoms with van der Waals surface area (Å²) in [5.74, 6) is -0.965. The zero-order valence-corrected chi connectivity index (χ0v) is 28.0. The maximum atomic E-state index is 13.8. The Bertz CT molecular complexity index is 1520. The minimum absolute atomic E-state index is 0.0719. The Kier molecular flexibility index (Phi) is 11.1. The van der Waals surface area contributed by atoms with Crippen LogP contribution in [0, 0.1) is 17.8 Å². The standard InChI is InChI=1S/C40H49NO6/c1-40(2,3)33-20-19-27(17-18-28(21-26-11-5-4-6-12-26)22-29(39(45)46)24-38(43)44)23-34(33)41-37(42)25-32-30-13-7-9-15-35(30)47-36-16-10-8-14-31(32)36/h7-10,13-16,19-20,23,26,28-29,32H,4-6,11-12,17-18,21-22,24-25H2,1-3H3,(H,41,42)(H,43,44)(H,45,46). The fourth-order valence-electron chi connectivity index (χ4n) is 7.60. The monoisotopic (exact) mass is 639 g/mol. The van der Waals surface area contributed by atoms with E-state index in [2.05, 4.69) is 44.3 Å². The molecule has 0 radical (unpaired) electrons. The van der Waals surface area contributed by atoms with Gasteiger partial charge in [-0.15, -0.1) is 0 Å². The second kappa shape index (κ2) is 15.2. The number of fused-ring (bicyclic) bond motifs is 2. The zero-order valence-electron chi connectivity index (χ0n) is 28.0. The van der Waals surface area contributed by atoms with Crippen LogP contribution in [-0.2, 0) is 26.2 Å². The van der Waals surface area contributed by atoms with Crippen LogP contribution in [0.3, 0.4) is 0 Å². The summed E-state index contributed by atoms with van der Waals surface area (Å²) in [6.45, 7) is 6.41. The van der Waals surface area contributed by atoms with Crippen molar-refractivity contribution in [2.75, 3.05) is 5.32 Å². The zero-order chi connectivity index (χ0) is 33.6. The van der Waals surface area contributed by atoms with Gasteiger partial charge in [0, 0.05) is 29.2 Å². The second-order valence-electron chi connectivity index (χ2n) is 14.6. The van der Waals surface area contributed by atoms with E-state index in [9.17, 15) is 24.6 Å². The molecular weight excluding hydrogens is 590 g/mol. The summed E-state index contributed by atoms with van der Waals surface area (Å²) in [4.78, 5) is 37.2. The molecule has 1 aliphatic carbocycles. The van der Waals surface area contributed by atoms with Crippen molar-refractivity contribution in [1.82, 2.24) is 0 Å². The van der Waals surface area contributed by atoms with Crippen molar-refractivity contribution in [2.24, 2.45) is 17.8 Å². The minimum atomic E-state index is -1.07. The molecule has 1 amide bonds.